The third-order valence-electron chi connectivity index (χ3n) is 5.90. The van der Waals surface area contributed by atoms with Crippen molar-refractivity contribution < 1.29 is 9.84 Å². The minimum absolute atomic E-state index is 0.327. The summed E-state index contributed by atoms with van der Waals surface area (Å²) in [6.07, 6.45) is 2.00. The van der Waals surface area contributed by atoms with E-state index < -0.39 is 0 Å². The molecule has 0 saturated carbocycles. The van der Waals surface area contributed by atoms with Crippen LogP contribution in [0.15, 0.2) is 48.7 Å². The highest BCUT2D eigenvalue weighted by atomic mass is 16.5. The van der Waals surface area contributed by atoms with Crippen LogP contribution >= 0.6 is 0 Å². The van der Waals surface area contributed by atoms with E-state index >= 15 is 0 Å². The number of nitriles is 1. The van der Waals surface area contributed by atoms with Gasteiger partial charge >= 0.3 is 0 Å². The third kappa shape index (κ3) is 4.72. The predicted molar refractivity (Wildman–Crippen MR) is 126 cm³/mol. The van der Waals surface area contributed by atoms with E-state index in [0.29, 0.717) is 42.5 Å². The second-order valence-corrected chi connectivity index (χ2v) is 8.10. The van der Waals surface area contributed by atoms with Crippen LogP contribution < -0.4 is 15.1 Å². The van der Waals surface area contributed by atoms with Gasteiger partial charge in [0.25, 0.3) is 0 Å². The van der Waals surface area contributed by atoms with Crippen molar-refractivity contribution in [2.45, 2.75) is 12.5 Å². The number of hydrogen-bond donors (Lipinski definition) is 2. The molecule has 2 aliphatic heterocycles. The summed E-state index contributed by atoms with van der Waals surface area (Å²) in [7, 11) is 0. The summed E-state index contributed by atoms with van der Waals surface area (Å²) in [5.41, 5.74) is 4.35. The predicted octanol–water partition coefficient (Wildman–Crippen LogP) is 2.56. The van der Waals surface area contributed by atoms with Crippen LogP contribution in [0.4, 0.5) is 23.0 Å². The van der Waals surface area contributed by atoms with E-state index in [-0.39, 0.29) is 6.10 Å². The first-order valence-corrected chi connectivity index (χ1v) is 11.1. The second-order valence-electron chi connectivity index (χ2n) is 8.10. The Labute approximate surface area is 192 Å². The van der Waals surface area contributed by atoms with Crippen molar-refractivity contribution in [1.29, 1.82) is 5.26 Å². The molecule has 9 heteroatoms. The molecule has 0 aliphatic carbocycles. The van der Waals surface area contributed by atoms with Gasteiger partial charge in [0.2, 0.25) is 5.95 Å². The Morgan fingerprint density at radius 2 is 1.76 bits per heavy atom. The van der Waals surface area contributed by atoms with Crippen LogP contribution in [0.2, 0.25) is 0 Å². The number of aliphatic hydroxyl groups excluding tert-OH is 1. The quantitative estimate of drug-likeness (QED) is 0.615. The molecule has 9 nitrogen and oxygen atoms in total. The minimum atomic E-state index is -0.366. The van der Waals surface area contributed by atoms with Crippen molar-refractivity contribution in [3.8, 4) is 17.5 Å². The fourth-order valence-electron chi connectivity index (χ4n) is 4.16. The Bertz CT molecular complexity index is 1160. The number of pyridine rings is 1. The fourth-order valence-corrected chi connectivity index (χ4v) is 4.16. The van der Waals surface area contributed by atoms with Gasteiger partial charge in [0.15, 0.2) is 5.69 Å². The smallest absolute Gasteiger partial charge is 0.227 e. The monoisotopic (exact) mass is 443 g/mol. The topological polar surface area (TPSA) is 110 Å². The molecule has 0 radical (unpaired) electrons. The third-order valence-corrected chi connectivity index (χ3v) is 5.90. The molecule has 1 aromatic carbocycles. The van der Waals surface area contributed by atoms with Gasteiger partial charge in [0.1, 0.15) is 6.07 Å². The van der Waals surface area contributed by atoms with E-state index in [9.17, 15) is 10.4 Å². The molecule has 2 aromatic heterocycles. The second kappa shape index (κ2) is 9.40. The highest BCUT2D eigenvalue weighted by Gasteiger charge is 2.23. The number of nitrogens with zero attached hydrogens (tertiary/aromatic N) is 6. The van der Waals surface area contributed by atoms with Gasteiger partial charge in [-0.3, -0.25) is 0 Å². The van der Waals surface area contributed by atoms with Gasteiger partial charge in [-0.1, -0.05) is 0 Å². The maximum Gasteiger partial charge on any atom is 0.227 e. The lowest BCUT2D eigenvalue weighted by atomic mass is 10.2. The summed E-state index contributed by atoms with van der Waals surface area (Å²) in [5.74, 6) is 0.457. The zero-order valence-electron chi connectivity index (χ0n) is 18.2. The van der Waals surface area contributed by atoms with Gasteiger partial charge in [-0.15, -0.1) is 0 Å². The summed E-state index contributed by atoms with van der Waals surface area (Å²) in [6.45, 7) is 4.52. The first kappa shape index (κ1) is 21.1. The molecule has 1 atom stereocenters. The van der Waals surface area contributed by atoms with Crippen LogP contribution in [0.3, 0.4) is 0 Å². The molecule has 0 bridgehead atoms. The zero-order chi connectivity index (χ0) is 22.6. The lowest BCUT2D eigenvalue weighted by Crippen LogP contribution is -2.36. The van der Waals surface area contributed by atoms with E-state index in [1.54, 1.807) is 12.3 Å². The van der Waals surface area contributed by atoms with Gasteiger partial charge in [-0.2, -0.15) is 5.26 Å². The highest BCUT2D eigenvalue weighted by molar-refractivity contribution is 5.65. The minimum Gasteiger partial charge on any atom is -0.391 e. The lowest BCUT2D eigenvalue weighted by Gasteiger charge is -2.28. The van der Waals surface area contributed by atoms with Crippen LogP contribution in [-0.2, 0) is 4.74 Å². The fraction of sp³-hybridized carbons (Fsp3) is 0.333. The summed E-state index contributed by atoms with van der Waals surface area (Å²) >= 11 is 0. The van der Waals surface area contributed by atoms with Crippen LogP contribution in [0.1, 0.15) is 12.1 Å². The Morgan fingerprint density at radius 3 is 2.48 bits per heavy atom. The highest BCUT2D eigenvalue weighted by Crippen LogP contribution is 2.27. The summed E-state index contributed by atoms with van der Waals surface area (Å²) in [5, 5.41) is 22.7. The molecule has 2 fully saturated rings. The number of β-amino-alcohol motifs (C(OH)–C–C–N with tert-alkyl or cyclic N) is 1. The number of aromatic nitrogens is 3. The molecule has 2 saturated heterocycles. The van der Waals surface area contributed by atoms with E-state index in [0.717, 1.165) is 43.4 Å². The Kier molecular flexibility index (Phi) is 6.02. The molecule has 2 aliphatic rings. The van der Waals surface area contributed by atoms with Gasteiger partial charge in [0.05, 0.1) is 36.4 Å². The van der Waals surface area contributed by atoms with Crippen LogP contribution in [-0.4, -0.2) is 65.6 Å². The maximum absolute atomic E-state index is 9.81. The van der Waals surface area contributed by atoms with Gasteiger partial charge in [-0.05, 0) is 48.9 Å². The van der Waals surface area contributed by atoms with Crippen molar-refractivity contribution in [3.63, 3.8) is 0 Å². The SMILES string of the molecule is N#Cc1nc(-c2ccnc(Nc3ccc(N4CCOCC4)cc3)n2)ccc1N1CCC(O)C1. The Morgan fingerprint density at radius 1 is 0.970 bits per heavy atom. The summed E-state index contributed by atoms with van der Waals surface area (Å²) in [4.78, 5) is 17.7. The number of nitrogens with one attached hydrogen (secondary N) is 1. The van der Waals surface area contributed by atoms with Crippen LogP contribution in [0.5, 0.6) is 0 Å². The molecule has 5 rings (SSSR count). The van der Waals surface area contributed by atoms with Crippen molar-refractivity contribution in [2.75, 3.05) is 54.5 Å². The molecule has 4 heterocycles. The number of benzene rings is 1. The molecule has 2 N–H and O–H groups in total. The van der Waals surface area contributed by atoms with Crippen LogP contribution in [0, 0.1) is 11.3 Å². The van der Waals surface area contributed by atoms with Crippen molar-refractivity contribution in [2.24, 2.45) is 0 Å². The normalized spacial score (nSPS) is 18.2. The first-order valence-electron chi connectivity index (χ1n) is 11.1. The summed E-state index contributed by atoms with van der Waals surface area (Å²) < 4.78 is 5.42. The van der Waals surface area contributed by atoms with Gasteiger partial charge in [0, 0.05) is 43.8 Å². The van der Waals surface area contributed by atoms with E-state index in [1.807, 2.05) is 29.2 Å². The average molecular weight is 444 g/mol. The van der Waals surface area contributed by atoms with E-state index in [1.165, 1.54) is 0 Å². The molecule has 0 amide bonds. The van der Waals surface area contributed by atoms with Gasteiger partial charge in [-0.25, -0.2) is 15.0 Å². The number of rotatable bonds is 5. The maximum atomic E-state index is 9.81. The number of anilines is 4. The van der Waals surface area contributed by atoms with Crippen molar-refractivity contribution >= 4 is 23.0 Å². The largest absolute Gasteiger partial charge is 0.391 e. The van der Waals surface area contributed by atoms with E-state index in [2.05, 4.69) is 43.4 Å². The lowest BCUT2D eigenvalue weighted by molar-refractivity contribution is 0.122. The van der Waals surface area contributed by atoms with Crippen molar-refractivity contribution in [1.82, 2.24) is 15.0 Å². The molecule has 3 aromatic rings. The molecule has 0 spiro atoms. The van der Waals surface area contributed by atoms with Crippen molar-refractivity contribution in [3.05, 3.63) is 54.4 Å². The summed E-state index contributed by atoms with van der Waals surface area (Å²) in [6, 6.07) is 15.8. The standard InChI is InChI=1S/C24H25N7O2/c25-15-22-23(31-10-8-19(32)16-31)6-5-20(28-22)21-7-9-26-24(29-21)27-17-1-3-18(4-2-17)30-11-13-33-14-12-30/h1-7,9,19,32H,8,10-14,16H2,(H,26,27,29). The molecular weight excluding hydrogens is 418 g/mol. The first-order chi connectivity index (χ1) is 16.2. The number of morpholine rings is 1. The Hall–Kier alpha value is -3.74. The molecular formula is C24H25N7O2. The van der Waals surface area contributed by atoms with Gasteiger partial charge < -0.3 is 25.0 Å². The number of ether oxygens (including phenoxy) is 1. The Balaban J connectivity index is 1.32. The molecule has 1 unspecified atom stereocenters. The van der Waals surface area contributed by atoms with E-state index in [4.69, 9.17) is 4.74 Å². The average Bonchev–Trinajstić information content (AvgIpc) is 3.31. The number of hydrogen-bond acceptors (Lipinski definition) is 9. The van der Waals surface area contributed by atoms with Crippen LogP contribution in [0.25, 0.3) is 11.4 Å². The number of aliphatic hydroxyl groups is 1. The molecule has 168 valence electrons. The zero-order valence-corrected chi connectivity index (χ0v) is 18.2. The molecule has 33 heavy (non-hydrogen) atoms.